The standard InChI is InChI=1S/C13H13N5O/c19-12(17-13-14-5-6-16-18-13)7-9-8-15-11-4-2-1-3-10(9)11/h1-6,9,15H,7-8H2,(H,14,17,18,19). The van der Waals surface area contributed by atoms with E-state index in [4.69, 9.17) is 0 Å². The highest BCUT2D eigenvalue weighted by Gasteiger charge is 2.24. The van der Waals surface area contributed by atoms with Crippen LogP contribution >= 0.6 is 0 Å². The number of nitrogens with one attached hydrogen (secondary N) is 2. The van der Waals surface area contributed by atoms with Crippen molar-refractivity contribution in [1.82, 2.24) is 15.2 Å². The third-order valence-corrected chi connectivity index (χ3v) is 3.11. The summed E-state index contributed by atoms with van der Waals surface area (Å²) in [6.07, 6.45) is 3.37. The molecular formula is C13H13N5O. The molecule has 0 radical (unpaired) electrons. The summed E-state index contributed by atoms with van der Waals surface area (Å²) in [6, 6.07) is 8.05. The molecule has 0 spiro atoms. The Morgan fingerprint density at radius 1 is 1.37 bits per heavy atom. The fourth-order valence-electron chi connectivity index (χ4n) is 2.24. The smallest absolute Gasteiger partial charge is 0.249 e. The summed E-state index contributed by atoms with van der Waals surface area (Å²) in [5, 5.41) is 13.3. The Labute approximate surface area is 110 Å². The van der Waals surface area contributed by atoms with Gasteiger partial charge in [-0.15, -0.1) is 5.10 Å². The van der Waals surface area contributed by atoms with Crippen LogP contribution in [0.3, 0.4) is 0 Å². The van der Waals surface area contributed by atoms with Gasteiger partial charge in [0.05, 0.1) is 12.4 Å². The Balaban J connectivity index is 1.65. The van der Waals surface area contributed by atoms with Gasteiger partial charge in [0.2, 0.25) is 11.9 Å². The molecule has 0 saturated heterocycles. The number of hydrogen-bond donors (Lipinski definition) is 2. The molecule has 0 fully saturated rings. The van der Waals surface area contributed by atoms with Crippen LogP contribution in [-0.4, -0.2) is 27.6 Å². The fraction of sp³-hybridized carbons (Fsp3) is 0.231. The van der Waals surface area contributed by atoms with Crippen LogP contribution in [0.15, 0.2) is 36.7 Å². The highest BCUT2D eigenvalue weighted by molar-refractivity contribution is 5.89. The summed E-state index contributed by atoms with van der Waals surface area (Å²) in [4.78, 5) is 15.8. The molecule has 3 rings (SSSR count). The lowest BCUT2D eigenvalue weighted by atomic mass is 9.98. The zero-order valence-corrected chi connectivity index (χ0v) is 10.2. The molecule has 0 aliphatic carbocycles. The molecule has 1 amide bonds. The van der Waals surface area contributed by atoms with E-state index in [2.05, 4.69) is 25.8 Å². The average Bonchev–Trinajstić information content (AvgIpc) is 2.83. The molecule has 2 N–H and O–H groups in total. The molecule has 0 saturated carbocycles. The van der Waals surface area contributed by atoms with Crippen LogP contribution in [0.2, 0.25) is 0 Å². The first-order valence-corrected chi connectivity index (χ1v) is 6.09. The van der Waals surface area contributed by atoms with Crippen molar-refractivity contribution in [3.8, 4) is 0 Å². The molecule has 1 aliphatic heterocycles. The first kappa shape index (κ1) is 11.6. The van der Waals surface area contributed by atoms with E-state index >= 15 is 0 Å². The Kier molecular flexibility index (Phi) is 3.06. The minimum Gasteiger partial charge on any atom is -0.384 e. The lowest BCUT2D eigenvalue weighted by molar-refractivity contribution is -0.116. The predicted molar refractivity (Wildman–Crippen MR) is 70.7 cm³/mol. The van der Waals surface area contributed by atoms with E-state index in [1.54, 1.807) is 0 Å². The number of rotatable bonds is 3. The summed E-state index contributed by atoms with van der Waals surface area (Å²) in [5.41, 5.74) is 2.29. The van der Waals surface area contributed by atoms with Crippen molar-refractivity contribution in [3.05, 3.63) is 42.2 Å². The number of para-hydroxylation sites is 1. The van der Waals surface area contributed by atoms with Crippen molar-refractivity contribution in [2.24, 2.45) is 0 Å². The van der Waals surface area contributed by atoms with E-state index in [0.29, 0.717) is 6.42 Å². The van der Waals surface area contributed by atoms with Gasteiger partial charge >= 0.3 is 0 Å². The minimum atomic E-state index is -0.100. The molecule has 2 heterocycles. The van der Waals surface area contributed by atoms with Gasteiger partial charge in [0.25, 0.3) is 0 Å². The number of benzene rings is 1. The molecule has 1 aliphatic rings. The van der Waals surface area contributed by atoms with E-state index in [0.717, 1.165) is 12.2 Å². The third kappa shape index (κ3) is 2.52. The predicted octanol–water partition coefficient (Wildman–Crippen LogP) is 1.41. The van der Waals surface area contributed by atoms with Crippen LogP contribution in [0.25, 0.3) is 0 Å². The monoisotopic (exact) mass is 255 g/mol. The maximum absolute atomic E-state index is 11.9. The zero-order valence-electron chi connectivity index (χ0n) is 10.2. The van der Waals surface area contributed by atoms with E-state index in [1.807, 2.05) is 24.3 Å². The summed E-state index contributed by atoms with van der Waals surface area (Å²) in [6.45, 7) is 0.778. The Bertz CT molecular complexity index is 587. The van der Waals surface area contributed by atoms with E-state index in [-0.39, 0.29) is 17.8 Å². The third-order valence-electron chi connectivity index (χ3n) is 3.11. The number of nitrogens with zero attached hydrogens (tertiary/aromatic N) is 3. The fourth-order valence-corrected chi connectivity index (χ4v) is 2.24. The van der Waals surface area contributed by atoms with Crippen molar-refractivity contribution < 1.29 is 4.79 Å². The van der Waals surface area contributed by atoms with Gasteiger partial charge in [0.1, 0.15) is 0 Å². The lowest BCUT2D eigenvalue weighted by Crippen LogP contribution is -2.18. The van der Waals surface area contributed by atoms with Gasteiger partial charge < -0.3 is 5.32 Å². The maximum atomic E-state index is 11.9. The quantitative estimate of drug-likeness (QED) is 0.866. The van der Waals surface area contributed by atoms with Crippen LogP contribution in [0.4, 0.5) is 11.6 Å². The van der Waals surface area contributed by atoms with Crippen molar-refractivity contribution in [2.45, 2.75) is 12.3 Å². The van der Waals surface area contributed by atoms with Gasteiger partial charge in [-0.3, -0.25) is 10.1 Å². The van der Waals surface area contributed by atoms with Crippen molar-refractivity contribution in [3.63, 3.8) is 0 Å². The Morgan fingerprint density at radius 2 is 2.26 bits per heavy atom. The molecular weight excluding hydrogens is 242 g/mol. The maximum Gasteiger partial charge on any atom is 0.249 e. The van der Waals surface area contributed by atoms with Gasteiger partial charge in [-0.1, -0.05) is 18.2 Å². The summed E-state index contributed by atoms with van der Waals surface area (Å²) < 4.78 is 0. The largest absolute Gasteiger partial charge is 0.384 e. The second-order valence-corrected chi connectivity index (χ2v) is 4.38. The zero-order chi connectivity index (χ0) is 13.1. The SMILES string of the molecule is O=C(CC1CNc2ccccc21)Nc1nccnn1. The van der Waals surface area contributed by atoms with Gasteiger partial charge in [0, 0.05) is 24.6 Å². The van der Waals surface area contributed by atoms with Gasteiger partial charge in [-0.2, -0.15) is 5.10 Å². The molecule has 1 aromatic heterocycles. The molecule has 19 heavy (non-hydrogen) atoms. The van der Waals surface area contributed by atoms with Crippen molar-refractivity contribution in [1.29, 1.82) is 0 Å². The second-order valence-electron chi connectivity index (χ2n) is 4.38. The number of carbonyl (C=O) groups excluding carboxylic acids is 1. The normalized spacial score (nSPS) is 16.5. The summed E-state index contributed by atoms with van der Waals surface area (Å²) in [7, 11) is 0. The number of aromatic nitrogens is 3. The average molecular weight is 255 g/mol. The summed E-state index contributed by atoms with van der Waals surface area (Å²) >= 11 is 0. The first-order chi connectivity index (χ1) is 9.33. The second kappa shape index (κ2) is 5.01. The van der Waals surface area contributed by atoms with Crippen molar-refractivity contribution >= 4 is 17.5 Å². The molecule has 1 unspecified atom stereocenters. The molecule has 1 atom stereocenters. The number of fused-ring (bicyclic) bond motifs is 1. The first-order valence-electron chi connectivity index (χ1n) is 6.09. The number of hydrogen-bond acceptors (Lipinski definition) is 5. The van der Waals surface area contributed by atoms with Crippen LogP contribution in [0, 0.1) is 0 Å². The van der Waals surface area contributed by atoms with E-state index < -0.39 is 0 Å². The Morgan fingerprint density at radius 3 is 3.11 bits per heavy atom. The Hall–Kier alpha value is -2.50. The van der Waals surface area contributed by atoms with E-state index in [9.17, 15) is 4.79 Å². The van der Waals surface area contributed by atoms with Gasteiger partial charge in [-0.25, -0.2) is 4.98 Å². The molecule has 2 aromatic rings. The highest BCUT2D eigenvalue weighted by atomic mass is 16.1. The highest BCUT2D eigenvalue weighted by Crippen LogP contribution is 2.33. The minimum absolute atomic E-state index is 0.100. The number of amides is 1. The molecule has 6 nitrogen and oxygen atoms in total. The lowest BCUT2D eigenvalue weighted by Gasteiger charge is -2.09. The van der Waals surface area contributed by atoms with Crippen LogP contribution in [-0.2, 0) is 4.79 Å². The molecule has 1 aromatic carbocycles. The number of carbonyl (C=O) groups is 1. The summed E-state index contributed by atoms with van der Waals surface area (Å²) in [5.74, 6) is 0.330. The molecule has 96 valence electrons. The van der Waals surface area contributed by atoms with Crippen LogP contribution in [0.1, 0.15) is 17.9 Å². The van der Waals surface area contributed by atoms with E-state index in [1.165, 1.54) is 18.0 Å². The van der Waals surface area contributed by atoms with Crippen LogP contribution in [0.5, 0.6) is 0 Å². The number of anilines is 2. The van der Waals surface area contributed by atoms with Crippen LogP contribution < -0.4 is 10.6 Å². The topological polar surface area (TPSA) is 79.8 Å². The van der Waals surface area contributed by atoms with Gasteiger partial charge in [0.15, 0.2) is 0 Å². The molecule has 6 heteroatoms. The molecule has 0 bridgehead atoms. The van der Waals surface area contributed by atoms with Gasteiger partial charge in [-0.05, 0) is 11.6 Å². The van der Waals surface area contributed by atoms with Crippen molar-refractivity contribution in [2.75, 3.05) is 17.2 Å².